The van der Waals surface area contributed by atoms with Gasteiger partial charge in [-0.1, -0.05) is 32.0 Å². The molecule has 4 N–H and O–H groups in total. The van der Waals surface area contributed by atoms with Gasteiger partial charge in [0.15, 0.2) is 11.9 Å². The van der Waals surface area contributed by atoms with Gasteiger partial charge in [-0.25, -0.2) is 18.2 Å². The van der Waals surface area contributed by atoms with Crippen molar-refractivity contribution in [1.29, 1.82) is 0 Å². The van der Waals surface area contributed by atoms with Gasteiger partial charge < -0.3 is 20.1 Å². The molecule has 13 heteroatoms. The third-order valence-corrected chi connectivity index (χ3v) is 7.12. The smallest absolute Gasteiger partial charge is 0.329 e. The molecule has 1 aliphatic rings. The topological polar surface area (TPSA) is 155 Å². The van der Waals surface area contributed by atoms with Crippen molar-refractivity contribution in [3.05, 3.63) is 54.6 Å². The Labute approximate surface area is 228 Å². The van der Waals surface area contributed by atoms with Crippen molar-refractivity contribution in [1.82, 2.24) is 25.8 Å². The number of nitrogens with zero attached hydrogens (tertiary/aromatic N) is 1. The van der Waals surface area contributed by atoms with E-state index in [1.807, 2.05) is 32.0 Å². The van der Waals surface area contributed by atoms with Crippen LogP contribution in [0.2, 0.25) is 0 Å². The molecule has 2 aromatic carbocycles. The summed E-state index contributed by atoms with van der Waals surface area (Å²) in [6.07, 6.45) is -1.27. The summed E-state index contributed by atoms with van der Waals surface area (Å²) in [7, 11) is -4.19. The molecule has 12 nitrogen and oxygen atoms in total. The summed E-state index contributed by atoms with van der Waals surface area (Å²) in [5.74, 6) is -0.288. The molecule has 1 heterocycles. The maximum absolute atomic E-state index is 13.1. The standard InChI is InChI=1S/C26H35N5O7S/c1-18(2)17-23(27-26(34)29-31-13-15-37-16-14-31)25(33)28-24(19(3)32)30-39(35,36)22-11-9-21(10-12-22)38-20-7-5-4-6-8-20/h4-12,18,23-24,30H,13-17H2,1-3H3,(H,28,33)(H2,27,29,34)/t23-,24?/m0/s1. The van der Waals surface area contributed by atoms with Crippen molar-refractivity contribution >= 4 is 27.7 Å². The van der Waals surface area contributed by atoms with Crippen LogP contribution in [0.1, 0.15) is 27.2 Å². The maximum atomic E-state index is 13.1. The van der Waals surface area contributed by atoms with E-state index in [2.05, 4.69) is 20.8 Å². The van der Waals surface area contributed by atoms with Gasteiger partial charge in [0, 0.05) is 13.1 Å². The molecular weight excluding hydrogens is 526 g/mol. The van der Waals surface area contributed by atoms with Crippen molar-refractivity contribution in [2.75, 3.05) is 26.3 Å². The van der Waals surface area contributed by atoms with E-state index in [0.29, 0.717) is 37.8 Å². The number of nitrogens with one attached hydrogen (secondary N) is 4. The van der Waals surface area contributed by atoms with Crippen LogP contribution in [-0.4, -0.2) is 69.7 Å². The molecule has 0 radical (unpaired) electrons. The second-order valence-electron chi connectivity index (χ2n) is 9.43. The monoisotopic (exact) mass is 561 g/mol. The van der Waals surface area contributed by atoms with Crippen LogP contribution in [0.15, 0.2) is 59.5 Å². The number of ether oxygens (including phenoxy) is 2. The number of benzene rings is 2. The summed E-state index contributed by atoms with van der Waals surface area (Å²) in [5.41, 5.74) is 2.67. The highest BCUT2D eigenvalue weighted by molar-refractivity contribution is 7.89. The van der Waals surface area contributed by atoms with E-state index in [4.69, 9.17) is 9.47 Å². The number of Topliss-reactive ketones (excluding diaryl/α,β-unsaturated/α-hetero) is 1. The van der Waals surface area contributed by atoms with Crippen LogP contribution in [0.5, 0.6) is 11.5 Å². The number of sulfonamides is 1. The predicted molar refractivity (Wildman–Crippen MR) is 143 cm³/mol. The van der Waals surface area contributed by atoms with Crippen molar-refractivity contribution in [3.63, 3.8) is 0 Å². The van der Waals surface area contributed by atoms with Crippen molar-refractivity contribution in [3.8, 4) is 11.5 Å². The first-order valence-electron chi connectivity index (χ1n) is 12.6. The van der Waals surface area contributed by atoms with Gasteiger partial charge in [0.1, 0.15) is 17.5 Å². The zero-order chi connectivity index (χ0) is 28.4. The van der Waals surface area contributed by atoms with Crippen LogP contribution in [-0.2, 0) is 24.3 Å². The first-order chi connectivity index (χ1) is 18.5. The van der Waals surface area contributed by atoms with Crippen LogP contribution in [0.25, 0.3) is 0 Å². The quantitative estimate of drug-likeness (QED) is 0.286. The molecule has 212 valence electrons. The molecule has 2 aromatic rings. The van der Waals surface area contributed by atoms with Crippen LogP contribution >= 0.6 is 0 Å². The minimum absolute atomic E-state index is 0.0218. The van der Waals surface area contributed by atoms with Crippen LogP contribution in [0.3, 0.4) is 0 Å². The van der Waals surface area contributed by atoms with E-state index in [-0.39, 0.29) is 17.2 Å². The van der Waals surface area contributed by atoms with Crippen molar-refractivity contribution in [2.24, 2.45) is 5.92 Å². The molecular formula is C26H35N5O7S. The second-order valence-corrected chi connectivity index (χ2v) is 11.1. The van der Waals surface area contributed by atoms with E-state index < -0.39 is 40.0 Å². The van der Waals surface area contributed by atoms with E-state index in [1.165, 1.54) is 24.3 Å². The number of hydrogen-bond acceptors (Lipinski definition) is 8. The number of hydrogen-bond donors (Lipinski definition) is 4. The Morgan fingerprint density at radius 1 is 0.949 bits per heavy atom. The SMILES string of the molecule is CC(=O)C(NC(=O)[C@H](CC(C)C)NC(=O)NN1CCOCC1)NS(=O)(=O)c1ccc(Oc2ccccc2)cc1. The van der Waals surface area contributed by atoms with Gasteiger partial charge in [-0.05, 0) is 55.7 Å². The van der Waals surface area contributed by atoms with E-state index in [1.54, 1.807) is 17.1 Å². The molecule has 3 amide bonds. The number of rotatable bonds is 12. The van der Waals surface area contributed by atoms with Gasteiger partial charge in [-0.15, -0.1) is 0 Å². The summed E-state index contributed by atoms with van der Waals surface area (Å²) in [5, 5.41) is 6.71. The minimum Gasteiger partial charge on any atom is -0.457 e. The molecule has 0 saturated carbocycles. The molecule has 3 rings (SSSR count). The number of amides is 3. The van der Waals surface area contributed by atoms with Crippen molar-refractivity contribution < 1.29 is 32.3 Å². The Kier molecular flexibility index (Phi) is 10.8. The highest BCUT2D eigenvalue weighted by Gasteiger charge is 2.29. The summed E-state index contributed by atoms with van der Waals surface area (Å²) in [4.78, 5) is 37.8. The number of urea groups is 1. The first-order valence-corrected chi connectivity index (χ1v) is 14.1. The number of ketones is 1. The number of para-hydroxylation sites is 1. The first kappa shape index (κ1) is 30.0. The highest BCUT2D eigenvalue weighted by atomic mass is 32.2. The number of carbonyl (C=O) groups is 3. The Balaban J connectivity index is 1.65. The molecule has 1 saturated heterocycles. The fourth-order valence-corrected chi connectivity index (χ4v) is 4.87. The van der Waals surface area contributed by atoms with Crippen LogP contribution in [0.4, 0.5) is 4.79 Å². The molecule has 39 heavy (non-hydrogen) atoms. The van der Waals surface area contributed by atoms with Crippen LogP contribution in [0, 0.1) is 5.92 Å². The van der Waals surface area contributed by atoms with E-state index in [0.717, 1.165) is 6.92 Å². The lowest BCUT2D eigenvalue weighted by atomic mass is 10.0. The third-order valence-electron chi connectivity index (χ3n) is 5.68. The second kappa shape index (κ2) is 14.0. The summed E-state index contributed by atoms with van der Waals surface area (Å²) < 4.78 is 39.2. The fourth-order valence-electron chi connectivity index (χ4n) is 3.70. The largest absolute Gasteiger partial charge is 0.457 e. The summed E-state index contributed by atoms with van der Waals surface area (Å²) in [6, 6.07) is 13.0. The molecule has 0 bridgehead atoms. The lowest BCUT2D eigenvalue weighted by Crippen LogP contribution is -2.59. The number of morpholine rings is 1. The molecule has 1 fully saturated rings. The predicted octanol–water partition coefficient (Wildman–Crippen LogP) is 1.75. The zero-order valence-corrected chi connectivity index (χ0v) is 23.0. The Morgan fingerprint density at radius 3 is 2.15 bits per heavy atom. The molecule has 1 aliphatic heterocycles. The van der Waals surface area contributed by atoms with E-state index >= 15 is 0 Å². The van der Waals surface area contributed by atoms with Crippen molar-refractivity contribution in [2.45, 2.75) is 44.3 Å². The lowest BCUT2D eigenvalue weighted by Gasteiger charge is -2.29. The van der Waals surface area contributed by atoms with Gasteiger partial charge in [0.05, 0.1) is 18.1 Å². The van der Waals surface area contributed by atoms with Gasteiger partial charge >= 0.3 is 6.03 Å². The number of hydrazine groups is 1. The average molecular weight is 562 g/mol. The van der Waals surface area contributed by atoms with Crippen LogP contribution < -0.4 is 25.5 Å². The Bertz CT molecular complexity index is 1220. The summed E-state index contributed by atoms with van der Waals surface area (Å²) in [6.45, 7) is 6.85. The average Bonchev–Trinajstić information content (AvgIpc) is 2.89. The Morgan fingerprint density at radius 2 is 1.56 bits per heavy atom. The van der Waals surface area contributed by atoms with Gasteiger partial charge in [0.2, 0.25) is 15.9 Å². The zero-order valence-electron chi connectivity index (χ0n) is 22.2. The van der Waals surface area contributed by atoms with Gasteiger partial charge in [-0.2, -0.15) is 4.72 Å². The minimum atomic E-state index is -4.19. The molecule has 2 atom stereocenters. The Hall–Kier alpha value is -3.52. The fraction of sp³-hybridized carbons (Fsp3) is 0.423. The normalized spacial score (nSPS) is 15.7. The highest BCUT2D eigenvalue weighted by Crippen LogP contribution is 2.22. The molecule has 0 aromatic heterocycles. The number of carbonyl (C=O) groups excluding carboxylic acids is 3. The summed E-state index contributed by atoms with van der Waals surface area (Å²) >= 11 is 0. The maximum Gasteiger partial charge on any atom is 0.329 e. The molecule has 0 spiro atoms. The van der Waals surface area contributed by atoms with Gasteiger partial charge in [-0.3, -0.25) is 15.0 Å². The molecule has 0 aliphatic carbocycles. The van der Waals surface area contributed by atoms with Gasteiger partial charge in [0.25, 0.3) is 0 Å². The third kappa shape index (κ3) is 9.62. The lowest BCUT2D eigenvalue weighted by molar-refractivity contribution is -0.128. The molecule has 1 unspecified atom stereocenters. The van der Waals surface area contributed by atoms with E-state index in [9.17, 15) is 22.8 Å².